The van der Waals surface area contributed by atoms with Crippen LogP contribution in [-0.2, 0) is 45.7 Å². The fourth-order valence-corrected chi connectivity index (χ4v) is 4.68. The van der Waals surface area contributed by atoms with Crippen LogP contribution in [0.2, 0.25) is 0 Å². The summed E-state index contributed by atoms with van der Waals surface area (Å²) in [5.74, 6) is -4.53. The number of nitrogens with one attached hydrogen (secondary N) is 2. The number of hydrogen-bond acceptors (Lipinski definition) is 15. The molecular formula is C21H22N7NaO11S2. The van der Waals surface area contributed by atoms with E-state index in [0.717, 1.165) is 18.4 Å². The molecule has 1 aliphatic rings. The van der Waals surface area contributed by atoms with Crippen molar-refractivity contribution in [1.29, 1.82) is 0 Å². The zero-order valence-corrected chi connectivity index (χ0v) is 26.1. The largest absolute Gasteiger partial charge is 1.00 e. The summed E-state index contributed by atoms with van der Waals surface area (Å²) in [5.41, 5.74) is 3.34. The average molecular weight is 636 g/mol. The number of esters is 1. The number of β-lactam (4-membered cyclic amide) rings is 1. The second kappa shape index (κ2) is 13.5. The molecule has 21 heteroatoms. The van der Waals surface area contributed by atoms with E-state index in [-0.39, 0.29) is 57.0 Å². The quantitative estimate of drug-likeness (QED) is 0.0402. The molecular weight excluding hydrogens is 613 g/mol. The van der Waals surface area contributed by atoms with E-state index in [1.165, 1.54) is 43.5 Å². The third-order valence-electron chi connectivity index (χ3n) is 5.45. The fraction of sp³-hybridized carbons (Fsp3) is 0.333. The maximum absolute atomic E-state index is 13.1. The zero-order valence-electron chi connectivity index (χ0n) is 22.4. The van der Waals surface area contributed by atoms with Crippen LogP contribution in [0.15, 0.2) is 34.8 Å². The molecule has 2 unspecified atom stereocenters. The predicted octanol–water partition coefficient (Wildman–Crippen LogP) is -4.22. The molecule has 1 aromatic carbocycles. The van der Waals surface area contributed by atoms with Gasteiger partial charge in [0, 0.05) is 24.6 Å². The van der Waals surface area contributed by atoms with Gasteiger partial charge in [-0.25, -0.2) is 22.5 Å². The summed E-state index contributed by atoms with van der Waals surface area (Å²) in [6.07, 6.45) is 0. The number of carbonyl (C=O) groups is 4. The smallest absolute Gasteiger partial charge is 0.731 e. The van der Waals surface area contributed by atoms with Crippen molar-refractivity contribution >= 4 is 61.9 Å². The molecule has 0 aliphatic carbocycles. The Labute approximate surface area is 263 Å². The van der Waals surface area contributed by atoms with Gasteiger partial charge in [0.1, 0.15) is 18.3 Å². The van der Waals surface area contributed by atoms with Crippen LogP contribution in [0.25, 0.3) is 0 Å². The Bertz CT molecular complexity index is 1530. The number of likely N-dealkylation sites (N-methyl/N-ethyl adjacent to an activating group) is 1. The first kappa shape index (κ1) is 34.5. The molecule has 1 aromatic heterocycles. The van der Waals surface area contributed by atoms with Gasteiger partial charge < -0.3 is 30.5 Å². The van der Waals surface area contributed by atoms with Gasteiger partial charge in [-0.3, -0.25) is 24.5 Å². The van der Waals surface area contributed by atoms with Gasteiger partial charge in [0.25, 0.3) is 17.5 Å². The minimum Gasteiger partial charge on any atom is -0.731 e. The fourth-order valence-electron chi connectivity index (χ4n) is 3.30. The van der Waals surface area contributed by atoms with Crippen LogP contribution in [0.1, 0.15) is 25.1 Å². The number of amides is 3. The van der Waals surface area contributed by atoms with E-state index in [2.05, 4.69) is 20.8 Å². The van der Waals surface area contributed by atoms with Crippen molar-refractivity contribution in [3.05, 3.63) is 51.0 Å². The van der Waals surface area contributed by atoms with E-state index >= 15 is 0 Å². The zero-order chi connectivity index (χ0) is 30.7. The number of thiazole rings is 1. The summed E-state index contributed by atoms with van der Waals surface area (Å²) < 4.78 is 39.2. The van der Waals surface area contributed by atoms with Crippen LogP contribution in [-0.4, -0.2) is 81.3 Å². The summed E-state index contributed by atoms with van der Waals surface area (Å²) >= 11 is 0.907. The maximum Gasteiger partial charge on any atom is 1.00 e. The molecule has 3 rings (SSSR count). The molecule has 1 fully saturated rings. The molecule has 0 saturated carbocycles. The van der Waals surface area contributed by atoms with E-state index in [1.807, 2.05) is 0 Å². The van der Waals surface area contributed by atoms with Crippen molar-refractivity contribution in [1.82, 2.24) is 19.9 Å². The van der Waals surface area contributed by atoms with Gasteiger partial charge in [0.15, 0.2) is 27.2 Å². The van der Waals surface area contributed by atoms with E-state index in [4.69, 9.17) is 15.3 Å². The molecule has 2 heterocycles. The Kier molecular flexibility index (Phi) is 11.1. The molecule has 1 aliphatic heterocycles. The molecule has 18 nitrogen and oxygen atoms in total. The molecule has 4 N–H and O–H groups in total. The van der Waals surface area contributed by atoms with Crippen molar-refractivity contribution in [2.45, 2.75) is 38.1 Å². The van der Waals surface area contributed by atoms with Crippen molar-refractivity contribution in [2.75, 3.05) is 12.8 Å². The third-order valence-corrected chi connectivity index (χ3v) is 7.01. The predicted molar refractivity (Wildman–Crippen MR) is 137 cm³/mol. The second-order valence-electron chi connectivity index (χ2n) is 8.71. The number of nitrogen functional groups attached to an aromatic ring is 1. The van der Waals surface area contributed by atoms with Crippen LogP contribution in [0, 0.1) is 10.1 Å². The summed E-state index contributed by atoms with van der Waals surface area (Å²) in [4.78, 5) is 69.6. The third kappa shape index (κ3) is 7.77. The van der Waals surface area contributed by atoms with Gasteiger partial charge in [-0.1, -0.05) is 5.16 Å². The normalized spacial score (nSPS) is 16.9. The van der Waals surface area contributed by atoms with Gasteiger partial charge in [-0.15, -0.1) is 11.3 Å². The first-order valence-corrected chi connectivity index (χ1v) is 13.5. The summed E-state index contributed by atoms with van der Waals surface area (Å²) in [7, 11) is -4.24. The molecule has 220 valence electrons. The van der Waals surface area contributed by atoms with Gasteiger partial charge in [0.05, 0.1) is 4.92 Å². The van der Waals surface area contributed by atoms with Gasteiger partial charge in [0.2, 0.25) is 11.5 Å². The van der Waals surface area contributed by atoms with Gasteiger partial charge in [-0.05, 0) is 31.5 Å². The number of aromatic nitrogens is 1. The number of hydrogen-bond donors (Lipinski definition) is 3. The number of nitrogens with two attached hydrogens (primary N) is 1. The first-order chi connectivity index (χ1) is 19.1. The van der Waals surface area contributed by atoms with Crippen molar-refractivity contribution in [3.8, 4) is 0 Å². The monoisotopic (exact) mass is 635 g/mol. The Morgan fingerprint density at radius 2 is 1.88 bits per heavy atom. The number of carbonyl (C=O) groups excluding carboxylic acids is 4. The number of oxime groups is 1. The van der Waals surface area contributed by atoms with E-state index in [1.54, 1.807) is 0 Å². The number of ether oxygens (including phenoxy) is 1. The topological polar surface area (TPSA) is 266 Å². The number of nitro groups is 1. The molecule has 0 bridgehead atoms. The van der Waals surface area contributed by atoms with Gasteiger partial charge in [-0.2, -0.15) is 0 Å². The molecule has 1 saturated heterocycles. The molecule has 2 atom stereocenters. The maximum atomic E-state index is 13.1. The Balaban J connectivity index is 0.00000616. The Hall–Kier alpha value is -3.69. The van der Waals surface area contributed by atoms with Crippen molar-refractivity contribution in [2.24, 2.45) is 5.16 Å². The van der Waals surface area contributed by atoms with Crippen LogP contribution >= 0.6 is 11.3 Å². The average Bonchev–Trinajstić information content (AvgIpc) is 3.33. The number of benzene rings is 1. The van der Waals surface area contributed by atoms with Crippen LogP contribution in [0.5, 0.6) is 0 Å². The summed E-state index contributed by atoms with van der Waals surface area (Å²) in [6, 6.07) is 1.61. The number of rotatable bonds is 11. The number of non-ortho nitro benzene ring substituents is 1. The Morgan fingerprint density at radius 1 is 1.26 bits per heavy atom. The standard InChI is InChI=1S/C21H23N7O11S2.Na/c1-21(2,19(32)38-8-10-4-6-11(7-5-10)28(33)34)39-26-13(12-9-40-20(22)24-12)16(29)25-14-15(17(30)23-3)27(18(14)31)41(35,36)37;/h4-7,9,14-15H,8H2,1-3H3,(H2,22,24)(H,23,30)(H,25,29)(H,35,36,37);/q;+1/p-1. The molecule has 42 heavy (non-hydrogen) atoms. The van der Waals surface area contributed by atoms with Crippen LogP contribution in [0.3, 0.4) is 0 Å². The molecule has 2 aromatic rings. The van der Waals surface area contributed by atoms with Crippen molar-refractivity contribution in [3.63, 3.8) is 0 Å². The van der Waals surface area contributed by atoms with Crippen LogP contribution in [0.4, 0.5) is 10.8 Å². The van der Waals surface area contributed by atoms with E-state index in [0.29, 0.717) is 5.56 Å². The number of anilines is 1. The SMILES string of the molecule is CNC(=O)C1C(NC(=O)C(=NOC(C)(C)C(=O)OCc2ccc([N+](=O)[O-])cc2)c2csc(N)n2)C(=O)N1S(=O)(=O)[O-].[Na+]. The molecule has 0 radical (unpaired) electrons. The molecule has 3 amide bonds. The van der Waals surface area contributed by atoms with E-state index < -0.39 is 62.3 Å². The molecule has 0 spiro atoms. The number of nitrogens with zero attached hydrogens (tertiary/aromatic N) is 4. The minimum atomic E-state index is -5.37. The second-order valence-corrected chi connectivity index (χ2v) is 10.9. The van der Waals surface area contributed by atoms with Gasteiger partial charge >= 0.3 is 35.5 Å². The number of nitro benzene ring substituents is 1. The Morgan fingerprint density at radius 3 is 2.38 bits per heavy atom. The summed E-state index contributed by atoms with van der Waals surface area (Å²) in [6.45, 7) is 2.24. The van der Waals surface area contributed by atoms with Crippen LogP contribution < -0.4 is 45.9 Å². The van der Waals surface area contributed by atoms with Crippen molar-refractivity contribution < 1.29 is 76.2 Å². The summed E-state index contributed by atoms with van der Waals surface area (Å²) in [5, 5.41) is 20.0. The van der Waals surface area contributed by atoms with E-state index in [9.17, 15) is 42.3 Å². The minimum absolute atomic E-state index is 0. The first-order valence-electron chi connectivity index (χ1n) is 11.3.